The number of ether oxygens (including phenoxy) is 1. The first-order chi connectivity index (χ1) is 5.90. The van der Waals surface area contributed by atoms with Crippen LogP contribution < -0.4 is 5.73 Å². The number of hydrogen-bond donors (Lipinski definition) is 1. The largest absolute Gasteiger partial charge is 0.460 e. The van der Waals surface area contributed by atoms with Crippen LogP contribution in [-0.2, 0) is 9.53 Å². The van der Waals surface area contributed by atoms with Gasteiger partial charge >= 0.3 is 5.97 Å². The molecule has 2 N–H and O–H groups in total. The van der Waals surface area contributed by atoms with Gasteiger partial charge in [0.25, 0.3) is 0 Å². The van der Waals surface area contributed by atoms with Crippen LogP contribution in [0.1, 0.15) is 40.0 Å². The quantitative estimate of drug-likeness (QED) is 0.629. The lowest BCUT2D eigenvalue weighted by Crippen LogP contribution is -2.35. The zero-order valence-corrected chi connectivity index (χ0v) is 8.67. The molecular formula is C10H19NO2. The van der Waals surface area contributed by atoms with Gasteiger partial charge < -0.3 is 10.5 Å². The molecule has 3 heteroatoms. The fourth-order valence-corrected chi connectivity index (χ4v) is 1.66. The molecule has 0 radical (unpaired) electrons. The lowest BCUT2D eigenvalue weighted by molar-refractivity contribution is -0.160. The van der Waals surface area contributed by atoms with Gasteiger partial charge in [0, 0.05) is 6.04 Å². The van der Waals surface area contributed by atoms with E-state index >= 15 is 0 Å². The minimum atomic E-state index is -0.389. The van der Waals surface area contributed by atoms with Crippen molar-refractivity contribution in [1.82, 2.24) is 0 Å². The Labute approximate surface area is 79.6 Å². The molecule has 13 heavy (non-hydrogen) atoms. The molecule has 1 saturated carbocycles. The lowest BCUT2D eigenvalue weighted by atomic mass is 10.0. The Balaban J connectivity index is 2.48. The molecule has 0 saturated heterocycles. The van der Waals surface area contributed by atoms with Crippen LogP contribution in [0.3, 0.4) is 0 Å². The van der Waals surface area contributed by atoms with Crippen LogP contribution in [0.4, 0.5) is 0 Å². The molecule has 0 aliphatic heterocycles. The molecule has 1 aliphatic rings. The number of nitrogens with two attached hydrogens (primary N) is 1. The number of carbonyl (C=O) groups is 1. The summed E-state index contributed by atoms with van der Waals surface area (Å²) in [5, 5.41) is 0. The van der Waals surface area contributed by atoms with E-state index in [0.29, 0.717) is 0 Å². The highest BCUT2D eigenvalue weighted by Gasteiger charge is 2.33. The molecule has 76 valence electrons. The Bertz CT molecular complexity index is 196. The summed E-state index contributed by atoms with van der Waals surface area (Å²) in [7, 11) is 0. The minimum absolute atomic E-state index is 0.00912. The summed E-state index contributed by atoms with van der Waals surface area (Å²) >= 11 is 0. The summed E-state index contributed by atoms with van der Waals surface area (Å²) in [6, 6.07) is 0.00912. The third kappa shape index (κ3) is 2.99. The highest BCUT2D eigenvalue weighted by molar-refractivity contribution is 5.74. The fraction of sp³-hybridized carbons (Fsp3) is 0.900. The van der Waals surface area contributed by atoms with E-state index in [1.165, 1.54) is 0 Å². The van der Waals surface area contributed by atoms with E-state index in [1.807, 2.05) is 20.8 Å². The maximum absolute atomic E-state index is 11.6. The fourth-order valence-electron chi connectivity index (χ4n) is 1.66. The van der Waals surface area contributed by atoms with E-state index in [0.717, 1.165) is 19.3 Å². The van der Waals surface area contributed by atoms with Gasteiger partial charge in [0.2, 0.25) is 0 Å². The van der Waals surface area contributed by atoms with Crippen molar-refractivity contribution in [3.8, 4) is 0 Å². The number of hydrogen-bond acceptors (Lipinski definition) is 3. The van der Waals surface area contributed by atoms with Crippen LogP contribution in [0.5, 0.6) is 0 Å². The summed E-state index contributed by atoms with van der Waals surface area (Å²) in [4.78, 5) is 11.6. The highest BCUT2D eigenvalue weighted by Crippen LogP contribution is 2.26. The molecule has 1 rings (SSSR count). The molecule has 1 fully saturated rings. The molecule has 0 bridgehead atoms. The summed E-state index contributed by atoms with van der Waals surface area (Å²) < 4.78 is 5.27. The van der Waals surface area contributed by atoms with Crippen molar-refractivity contribution < 1.29 is 9.53 Å². The van der Waals surface area contributed by atoms with Crippen molar-refractivity contribution >= 4 is 5.97 Å². The summed E-state index contributed by atoms with van der Waals surface area (Å²) in [6.45, 7) is 5.64. The number of esters is 1. The summed E-state index contributed by atoms with van der Waals surface area (Å²) in [6.07, 6.45) is 2.88. The van der Waals surface area contributed by atoms with Gasteiger partial charge in [-0.1, -0.05) is 6.42 Å². The van der Waals surface area contributed by atoms with Gasteiger partial charge in [-0.15, -0.1) is 0 Å². The third-order valence-corrected chi connectivity index (χ3v) is 2.28. The first-order valence-corrected chi connectivity index (χ1v) is 4.88. The molecule has 0 aromatic rings. The molecule has 0 heterocycles. The van der Waals surface area contributed by atoms with Gasteiger partial charge in [-0.05, 0) is 33.6 Å². The molecule has 1 aliphatic carbocycles. The number of carbonyl (C=O) groups excluding carboxylic acids is 1. The first kappa shape index (κ1) is 10.5. The molecule has 2 atom stereocenters. The molecule has 0 unspecified atom stereocenters. The normalized spacial score (nSPS) is 28.9. The number of rotatable bonds is 1. The molecular weight excluding hydrogens is 166 g/mol. The Morgan fingerprint density at radius 3 is 2.38 bits per heavy atom. The van der Waals surface area contributed by atoms with E-state index in [4.69, 9.17) is 10.5 Å². The molecule has 0 aromatic heterocycles. The Hall–Kier alpha value is -0.570. The summed E-state index contributed by atoms with van der Waals surface area (Å²) in [5.74, 6) is -0.197. The molecule has 0 spiro atoms. The Morgan fingerprint density at radius 2 is 2.00 bits per heavy atom. The average Bonchev–Trinajstić information content (AvgIpc) is 2.30. The van der Waals surface area contributed by atoms with Gasteiger partial charge in [0.05, 0.1) is 5.92 Å². The third-order valence-electron chi connectivity index (χ3n) is 2.28. The second-order valence-electron chi connectivity index (χ2n) is 4.73. The smallest absolute Gasteiger partial charge is 0.311 e. The highest BCUT2D eigenvalue weighted by atomic mass is 16.6. The van der Waals surface area contributed by atoms with Crippen LogP contribution in [0.15, 0.2) is 0 Å². The monoisotopic (exact) mass is 185 g/mol. The predicted octanol–water partition coefficient (Wildman–Crippen LogP) is 1.46. The van der Waals surface area contributed by atoms with Gasteiger partial charge in [-0.3, -0.25) is 4.79 Å². The Kier molecular flexibility index (Phi) is 2.96. The SMILES string of the molecule is CC(C)(C)OC(=O)[C@@H]1CCC[C@@H]1N. The molecule has 3 nitrogen and oxygen atoms in total. The van der Waals surface area contributed by atoms with E-state index in [1.54, 1.807) is 0 Å². The average molecular weight is 185 g/mol. The van der Waals surface area contributed by atoms with Crippen LogP contribution in [-0.4, -0.2) is 17.6 Å². The van der Waals surface area contributed by atoms with Gasteiger partial charge in [0.15, 0.2) is 0 Å². The topological polar surface area (TPSA) is 52.3 Å². The van der Waals surface area contributed by atoms with E-state index in [2.05, 4.69) is 0 Å². The Morgan fingerprint density at radius 1 is 1.38 bits per heavy atom. The van der Waals surface area contributed by atoms with Crippen molar-refractivity contribution in [1.29, 1.82) is 0 Å². The van der Waals surface area contributed by atoms with Crippen molar-refractivity contribution in [2.75, 3.05) is 0 Å². The van der Waals surface area contributed by atoms with Crippen molar-refractivity contribution in [3.63, 3.8) is 0 Å². The van der Waals surface area contributed by atoms with Crippen molar-refractivity contribution in [2.45, 2.75) is 51.7 Å². The molecule has 0 amide bonds. The predicted molar refractivity (Wildman–Crippen MR) is 51.2 cm³/mol. The van der Waals surface area contributed by atoms with Gasteiger partial charge in [-0.25, -0.2) is 0 Å². The van der Waals surface area contributed by atoms with E-state index in [9.17, 15) is 4.79 Å². The summed E-state index contributed by atoms with van der Waals surface area (Å²) in [5.41, 5.74) is 5.41. The van der Waals surface area contributed by atoms with Gasteiger partial charge in [0.1, 0.15) is 5.60 Å². The standard InChI is InChI=1S/C10H19NO2/c1-10(2,3)13-9(12)7-5-4-6-8(7)11/h7-8H,4-6,11H2,1-3H3/t7-,8+/m1/s1. The van der Waals surface area contributed by atoms with Crippen LogP contribution in [0.25, 0.3) is 0 Å². The van der Waals surface area contributed by atoms with Crippen LogP contribution in [0.2, 0.25) is 0 Å². The molecule has 0 aromatic carbocycles. The van der Waals surface area contributed by atoms with E-state index in [-0.39, 0.29) is 23.5 Å². The maximum Gasteiger partial charge on any atom is 0.311 e. The maximum atomic E-state index is 11.6. The first-order valence-electron chi connectivity index (χ1n) is 4.88. The van der Waals surface area contributed by atoms with Crippen LogP contribution >= 0.6 is 0 Å². The van der Waals surface area contributed by atoms with Crippen LogP contribution in [0, 0.1) is 5.92 Å². The van der Waals surface area contributed by atoms with Crippen molar-refractivity contribution in [2.24, 2.45) is 11.7 Å². The van der Waals surface area contributed by atoms with Gasteiger partial charge in [-0.2, -0.15) is 0 Å². The second kappa shape index (κ2) is 3.66. The zero-order valence-electron chi connectivity index (χ0n) is 8.67. The van der Waals surface area contributed by atoms with Crippen molar-refractivity contribution in [3.05, 3.63) is 0 Å². The second-order valence-corrected chi connectivity index (χ2v) is 4.73. The lowest BCUT2D eigenvalue weighted by Gasteiger charge is -2.23. The van der Waals surface area contributed by atoms with E-state index < -0.39 is 0 Å². The zero-order chi connectivity index (χ0) is 10.1. The minimum Gasteiger partial charge on any atom is -0.460 e.